The first-order valence-electron chi connectivity index (χ1n) is 11.6. The third-order valence-electron chi connectivity index (χ3n) is 5.59. The minimum atomic E-state index is -0.579. The van der Waals surface area contributed by atoms with Gasteiger partial charge < -0.3 is 10.1 Å². The minimum absolute atomic E-state index is 0.140. The molecule has 184 valence electrons. The van der Waals surface area contributed by atoms with Gasteiger partial charge in [-0.25, -0.2) is 0 Å². The molecule has 1 amide bonds. The Hall–Kier alpha value is -4.67. The highest BCUT2D eigenvalue weighted by Gasteiger charge is 2.18. The normalized spacial score (nSPS) is 12.0. The molecule has 4 aromatic rings. The van der Waals surface area contributed by atoms with Gasteiger partial charge in [0.2, 0.25) is 0 Å². The van der Waals surface area contributed by atoms with E-state index in [1.165, 1.54) is 4.57 Å². The Morgan fingerprint density at radius 2 is 1.78 bits per heavy atom. The zero-order valence-corrected chi connectivity index (χ0v) is 21.3. The van der Waals surface area contributed by atoms with Crippen molar-refractivity contribution in [1.82, 2.24) is 4.57 Å². The first-order valence-corrected chi connectivity index (χ1v) is 12.4. The van der Waals surface area contributed by atoms with Crippen molar-refractivity contribution in [2.75, 3.05) is 11.9 Å². The van der Waals surface area contributed by atoms with Crippen LogP contribution >= 0.6 is 11.3 Å². The van der Waals surface area contributed by atoms with Crippen LogP contribution in [0.5, 0.6) is 5.75 Å². The Morgan fingerprint density at radius 1 is 1.08 bits per heavy atom. The van der Waals surface area contributed by atoms with Crippen molar-refractivity contribution < 1.29 is 9.53 Å². The zero-order chi connectivity index (χ0) is 26.4. The van der Waals surface area contributed by atoms with Gasteiger partial charge in [0, 0.05) is 5.69 Å². The summed E-state index contributed by atoms with van der Waals surface area (Å²) < 4.78 is 7.64. The lowest BCUT2D eigenvalue weighted by Crippen LogP contribution is -2.32. The van der Waals surface area contributed by atoms with Gasteiger partial charge >= 0.3 is 0 Å². The molecule has 0 aliphatic heterocycles. The quantitative estimate of drug-likeness (QED) is 0.380. The molecule has 1 N–H and O–H groups in total. The van der Waals surface area contributed by atoms with E-state index in [-0.39, 0.29) is 15.8 Å². The summed E-state index contributed by atoms with van der Waals surface area (Å²) in [5, 5.41) is 12.8. The third-order valence-corrected chi connectivity index (χ3v) is 6.68. The maximum Gasteiger partial charge on any atom is 0.273 e. The SMILES string of the molecule is C=CCOc1ccc(C=c2sc(=C(C#N)C(=O)Nc3ccc(C)cc3)n(-c3ccccc3C)c2=O)cc1. The lowest BCUT2D eigenvalue weighted by Gasteiger charge is -2.08. The molecule has 1 heterocycles. The summed E-state index contributed by atoms with van der Waals surface area (Å²) in [6.45, 7) is 7.87. The molecular formula is C30H25N3O3S. The van der Waals surface area contributed by atoms with Gasteiger partial charge in [-0.15, -0.1) is 11.3 Å². The Morgan fingerprint density at radius 3 is 2.43 bits per heavy atom. The van der Waals surface area contributed by atoms with E-state index in [2.05, 4.69) is 11.9 Å². The van der Waals surface area contributed by atoms with E-state index >= 15 is 0 Å². The molecule has 0 saturated carbocycles. The molecule has 4 rings (SSSR count). The van der Waals surface area contributed by atoms with Crippen LogP contribution in [0.3, 0.4) is 0 Å². The molecule has 0 saturated heterocycles. The van der Waals surface area contributed by atoms with E-state index in [4.69, 9.17) is 4.74 Å². The largest absolute Gasteiger partial charge is 0.490 e. The number of para-hydroxylation sites is 1. The number of aromatic nitrogens is 1. The van der Waals surface area contributed by atoms with E-state index in [1.807, 2.05) is 74.5 Å². The van der Waals surface area contributed by atoms with Crippen LogP contribution in [0.2, 0.25) is 0 Å². The monoisotopic (exact) mass is 507 g/mol. The van der Waals surface area contributed by atoms with Crippen LogP contribution in [0.1, 0.15) is 16.7 Å². The molecule has 0 atom stereocenters. The van der Waals surface area contributed by atoms with Gasteiger partial charge in [-0.05, 0) is 61.4 Å². The fourth-order valence-corrected chi connectivity index (χ4v) is 4.77. The van der Waals surface area contributed by atoms with Crippen molar-refractivity contribution in [2.24, 2.45) is 0 Å². The average Bonchev–Trinajstić information content (AvgIpc) is 3.20. The van der Waals surface area contributed by atoms with Crippen LogP contribution in [-0.2, 0) is 4.79 Å². The lowest BCUT2D eigenvalue weighted by atomic mass is 10.2. The van der Waals surface area contributed by atoms with Crippen LogP contribution in [0, 0.1) is 25.2 Å². The first-order chi connectivity index (χ1) is 17.9. The van der Waals surface area contributed by atoms with Crippen molar-refractivity contribution in [3.63, 3.8) is 0 Å². The van der Waals surface area contributed by atoms with Gasteiger partial charge in [0.05, 0.1) is 10.2 Å². The van der Waals surface area contributed by atoms with Crippen LogP contribution < -0.4 is 24.8 Å². The molecule has 0 unspecified atom stereocenters. The Kier molecular flexibility index (Phi) is 7.82. The maximum atomic E-state index is 13.6. The second-order valence-corrected chi connectivity index (χ2v) is 9.35. The number of nitriles is 1. The molecule has 6 nitrogen and oxygen atoms in total. The summed E-state index contributed by atoms with van der Waals surface area (Å²) >= 11 is 1.11. The number of anilines is 1. The third kappa shape index (κ3) is 5.77. The predicted octanol–water partition coefficient (Wildman–Crippen LogP) is 4.22. The number of thiazole rings is 1. The number of hydrogen-bond donors (Lipinski definition) is 1. The fraction of sp³-hybridized carbons (Fsp3) is 0.100. The second-order valence-electron chi connectivity index (χ2n) is 8.32. The molecule has 7 heteroatoms. The smallest absolute Gasteiger partial charge is 0.273 e. The molecule has 37 heavy (non-hydrogen) atoms. The number of aryl methyl sites for hydroxylation is 2. The molecule has 0 bridgehead atoms. The van der Waals surface area contributed by atoms with Crippen LogP contribution in [-0.4, -0.2) is 17.1 Å². The van der Waals surface area contributed by atoms with E-state index < -0.39 is 5.91 Å². The summed E-state index contributed by atoms with van der Waals surface area (Å²) in [6, 6.07) is 24.0. The highest BCUT2D eigenvalue weighted by atomic mass is 32.1. The number of hydrogen-bond acceptors (Lipinski definition) is 5. The van der Waals surface area contributed by atoms with Gasteiger partial charge in [0.15, 0.2) is 5.57 Å². The van der Waals surface area contributed by atoms with Gasteiger partial charge in [-0.2, -0.15) is 5.26 Å². The Bertz CT molecular complexity index is 1670. The number of rotatable bonds is 7. The molecule has 0 fully saturated rings. The summed E-state index contributed by atoms with van der Waals surface area (Å²) in [7, 11) is 0. The van der Waals surface area contributed by atoms with Crippen molar-refractivity contribution in [2.45, 2.75) is 13.8 Å². The highest BCUT2D eigenvalue weighted by Crippen LogP contribution is 2.14. The van der Waals surface area contributed by atoms with E-state index in [0.29, 0.717) is 28.3 Å². The van der Waals surface area contributed by atoms with Crippen LogP contribution in [0.25, 0.3) is 17.3 Å². The average molecular weight is 508 g/mol. The summed E-state index contributed by atoms with van der Waals surface area (Å²) in [5.74, 6) is 0.110. The number of carbonyl (C=O) groups excluding carboxylic acids is 1. The summed E-state index contributed by atoms with van der Waals surface area (Å²) in [5.41, 5.74) is 3.41. The number of benzene rings is 3. The minimum Gasteiger partial charge on any atom is -0.490 e. The van der Waals surface area contributed by atoms with Gasteiger partial charge in [0.25, 0.3) is 11.5 Å². The van der Waals surface area contributed by atoms with E-state index in [9.17, 15) is 14.9 Å². The molecule has 1 aromatic heterocycles. The standard InChI is InChI=1S/C30H25N3O3S/c1-4-17-36-24-15-11-22(12-16-24)18-27-29(35)33(26-8-6-5-7-21(26)3)30(37-27)25(19-31)28(34)32-23-13-9-20(2)10-14-23/h4-16,18H,1,17H2,2-3H3,(H,32,34). The van der Waals surface area contributed by atoms with E-state index in [1.54, 1.807) is 30.4 Å². The maximum absolute atomic E-state index is 13.6. The summed E-state index contributed by atoms with van der Waals surface area (Å²) in [6.07, 6.45) is 3.41. The van der Waals surface area contributed by atoms with Crippen LogP contribution in [0.4, 0.5) is 5.69 Å². The number of nitrogens with one attached hydrogen (secondary N) is 1. The highest BCUT2D eigenvalue weighted by molar-refractivity contribution is 7.07. The summed E-state index contributed by atoms with van der Waals surface area (Å²) in [4.78, 5) is 26.8. The topological polar surface area (TPSA) is 84.1 Å². The number of ether oxygens (including phenoxy) is 1. The predicted molar refractivity (Wildman–Crippen MR) is 148 cm³/mol. The van der Waals surface area contributed by atoms with Gasteiger partial charge in [0.1, 0.15) is 23.1 Å². The van der Waals surface area contributed by atoms with Crippen molar-refractivity contribution in [3.05, 3.63) is 122 Å². The molecule has 0 spiro atoms. The van der Waals surface area contributed by atoms with Gasteiger partial charge in [-0.3, -0.25) is 14.2 Å². The lowest BCUT2D eigenvalue weighted by molar-refractivity contribution is -0.111. The van der Waals surface area contributed by atoms with E-state index in [0.717, 1.165) is 28.0 Å². The fourth-order valence-electron chi connectivity index (χ4n) is 3.68. The molecule has 0 aliphatic rings. The molecule has 0 aliphatic carbocycles. The van der Waals surface area contributed by atoms with Crippen LogP contribution in [0.15, 0.2) is 90.2 Å². The first kappa shape index (κ1) is 25.4. The molecule has 0 radical (unpaired) electrons. The number of nitrogens with zero attached hydrogens (tertiary/aromatic N) is 2. The van der Waals surface area contributed by atoms with Crippen molar-refractivity contribution in [3.8, 4) is 17.5 Å². The number of amides is 1. The Balaban J connectivity index is 1.89. The molecule has 3 aromatic carbocycles. The number of carbonyl (C=O) groups is 1. The zero-order valence-electron chi connectivity index (χ0n) is 20.5. The van der Waals surface area contributed by atoms with Crippen molar-refractivity contribution in [1.29, 1.82) is 5.26 Å². The second kappa shape index (κ2) is 11.4. The van der Waals surface area contributed by atoms with Gasteiger partial charge in [-0.1, -0.05) is 60.7 Å². The molecular weight excluding hydrogens is 482 g/mol. The van der Waals surface area contributed by atoms with Crippen molar-refractivity contribution >= 4 is 34.6 Å². The Labute approximate surface area is 218 Å².